The average molecular weight is 587 g/mol. The van der Waals surface area contributed by atoms with Crippen molar-refractivity contribution in [3.63, 3.8) is 0 Å². The first kappa shape index (κ1) is 28.5. The van der Waals surface area contributed by atoms with Crippen LogP contribution < -0.4 is 19.0 Å². The Bertz CT molecular complexity index is 1230. The number of carbonyl (C=O) groups excluding carboxylic acids is 1. The quantitative estimate of drug-likeness (QED) is 0.172. The second-order valence-electron chi connectivity index (χ2n) is 8.36. The molecule has 35 heavy (non-hydrogen) atoms. The fourth-order valence-electron chi connectivity index (χ4n) is 3.92. The molecule has 2 aromatic carbocycles. The molecule has 0 aliphatic carbocycles. The summed E-state index contributed by atoms with van der Waals surface area (Å²) >= 11 is -0.100. The molecule has 2 aliphatic rings. The van der Waals surface area contributed by atoms with Crippen LogP contribution in [0.4, 0.5) is 17.1 Å². The number of esters is 1. The third-order valence-corrected chi connectivity index (χ3v) is 8.46. The van der Waals surface area contributed by atoms with Crippen molar-refractivity contribution < 1.29 is 19.2 Å². The van der Waals surface area contributed by atoms with E-state index in [0.717, 1.165) is 11.4 Å². The van der Waals surface area contributed by atoms with Crippen molar-refractivity contribution in [3.05, 3.63) is 69.3 Å². The van der Waals surface area contributed by atoms with Gasteiger partial charge in [0.1, 0.15) is 0 Å². The number of nitro benzene ring substituents is 1. The fraction of sp³-hybridized carbons (Fsp3) is 0.292. The van der Waals surface area contributed by atoms with Crippen molar-refractivity contribution in [2.45, 2.75) is 25.1 Å². The predicted molar refractivity (Wildman–Crippen MR) is 144 cm³/mol. The van der Waals surface area contributed by atoms with Crippen LogP contribution in [0.5, 0.6) is 5.75 Å². The van der Waals surface area contributed by atoms with Crippen LogP contribution in [0, 0.1) is 17.0 Å². The minimum absolute atomic E-state index is 0. The van der Waals surface area contributed by atoms with Crippen molar-refractivity contribution in [2.75, 3.05) is 30.9 Å². The number of rotatable bonds is 5. The molecule has 0 bridgehead atoms. The van der Waals surface area contributed by atoms with Crippen molar-refractivity contribution >= 4 is 73.3 Å². The van der Waals surface area contributed by atoms with Gasteiger partial charge in [-0.25, -0.2) is 0 Å². The summed E-state index contributed by atoms with van der Waals surface area (Å²) in [5, 5.41) is 11.5. The molecule has 0 N–H and O–H groups in total. The first-order chi connectivity index (χ1) is 15.5. The number of aryl methyl sites for hydroxylation is 1. The van der Waals surface area contributed by atoms with Gasteiger partial charge in [-0.2, -0.15) is 0 Å². The molecule has 4 rings (SSSR count). The Morgan fingerprint density at radius 1 is 1.29 bits per heavy atom. The Labute approximate surface area is 223 Å². The van der Waals surface area contributed by atoms with Gasteiger partial charge in [-0.05, 0) is 0 Å². The number of halogens is 2. The number of fused-ring (bicyclic) bond motifs is 2. The zero-order chi connectivity index (χ0) is 24.1. The fourth-order valence-corrected chi connectivity index (χ4v) is 6.61. The van der Waals surface area contributed by atoms with E-state index in [-0.39, 0.29) is 57.6 Å². The minimum Gasteiger partial charge on any atom is -0.147 e. The minimum atomic E-state index is -0.719. The molecule has 8 nitrogen and oxygen atoms in total. The molecule has 0 fully saturated rings. The number of nitrogens with zero attached hydrogens (tertiary/aromatic N) is 3. The Morgan fingerprint density at radius 3 is 2.57 bits per heavy atom. The second-order valence-corrected chi connectivity index (χ2v) is 10.9. The van der Waals surface area contributed by atoms with Gasteiger partial charge < -0.3 is 0 Å². The first-order valence-electron chi connectivity index (χ1n) is 10.3. The number of hydrogen-bond acceptors (Lipinski definition) is 7. The first-order valence-corrected chi connectivity index (χ1v) is 12.0. The normalized spacial score (nSPS) is 16.9. The van der Waals surface area contributed by atoms with Crippen LogP contribution in [0.15, 0.2) is 42.5 Å². The SMILES string of the molecule is C=C(C)C(=O)OCc1cc([N+](=O)[O-])cc2c1OC1(C=C2)[Se]c2cc(N(C)C)c(C)cc2N1C.Cl.Cl. The molecule has 0 radical (unpaired) electrons. The topological polar surface area (TPSA) is 85.1 Å². The molecule has 1 unspecified atom stereocenters. The van der Waals surface area contributed by atoms with Crippen molar-refractivity contribution in [2.24, 2.45) is 0 Å². The molecule has 11 heteroatoms. The van der Waals surface area contributed by atoms with Crippen LogP contribution in [-0.2, 0) is 16.1 Å². The Balaban J connectivity index is 0.00000216. The van der Waals surface area contributed by atoms with E-state index in [0.29, 0.717) is 16.9 Å². The maximum atomic E-state index is 12.0. The molecular weight excluding hydrogens is 560 g/mol. The molecule has 0 amide bonds. The second kappa shape index (κ2) is 10.5. The van der Waals surface area contributed by atoms with Crippen LogP contribution in [0.1, 0.15) is 23.6 Å². The molecule has 0 saturated carbocycles. The zero-order valence-corrected chi connectivity index (χ0v) is 23.3. The van der Waals surface area contributed by atoms with Gasteiger partial charge in [0.15, 0.2) is 0 Å². The van der Waals surface area contributed by atoms with Crippen LogP contribution in [0.2, 0.25) is 0 Å². The molecule has 2 aliphatic heterocycles. The third kappa shape index (κ3) is 5.14. The van der Waals surface area contributed by atoms with E-state index >= 15 is 0 Å². The Kier molecular flexibility index (Phi) is 8.56. The zero-order valence-electron chi connectivity index (χ0n) is 20.0. The van der Waals surface area contributed by atoms with E-state index in [1.54, 1.807) is 6.92 Å². The van der Waals surface area contributed by atoms with E-state index in [4.69, 9.17) is 9.47 Å². The van der Waals surface area contributed by atoms with Gasteiger partial charge in [-0.3, -0.25) is 0 Å². The third-order valence-electron chi connectivity index (χ3n) is 5.66. The van der Waals surface area contributed by atoms with Gasteiger partial charge in [0, 0.05) is 0 Å². The summed E-state index contributed by atoms with van der Waals surface area (Å²) in [6.45, 7) is 7.08. The predicted octanol–water partition coefficient (Wildman–Crippen LogP) is 3.97. The molecule has 1 atom stereocenters. The van der Waals surface area contributed by atoms with Crippen molar-refractivity contribution in [1.82, 2.24) is 0 Å². The summed E-state index contributed by atoms with van der Waals surface area (Å²) in [5.41, 5.74) is 4.63. The average Bonchev–Trinajstić information content (AvgIpc) is 3.01. The van der Waals surface area contributed by atoms with Gasteiger partial charge >= 0.3 is 199 Å². The van der Waals surface area contributed by atoms with Crippen LogP contribution in [0.25, 0.3) is 6.08 Å². The number of anilines is 2. The Hall–Kier alpha value is -2.71. The summed E-state index contributed by atoms with van der Waals surface area (Å²) in [7, 11) is 6.04. The summed E-state index contributed by atoms with van der Waals surface area (Å²) in [6.07, 6.45) is 3.83. The molecule has 188 valence electrons. The van der Waals surface area contributed by atoms with E-state index in [1.165, 1.54) is 22.2 Å². The van der Waals surface area contributed by atoms with Gasteiger partial charge in [-0.1, -0.05) is 0 Å². The van der Waals surface area contributed by atoms with Crippen molar-refractivity contribution in [3.8, 4) is 5.75 Å². The number of nitro groups is 1. The van der Waals surface area contributed by atoms with Gasteiger partial charge in [0.2, 0.25) is 0 Å². The van der Waals surface area contributed by atoms with E-state index in [2.05, 4.69) is 35.4 Å². The summed E-state index contributed by atoms with van der Waals surface area (Å²) in [5.74, 6) is -0.0682. The molecule has 2 heterocycles. The molecular formula is C24H27Cl2N3O5Se. The summed E-state index contributed by atoms with van der Waals surface area (Å²) in [4.78, 5) is 27.2. The van der Waals surface area contributed by atoms with Crippen LogP contribution >= 0.6 is 24.8 Å². The monoisotopic (exact) mass is 587 g/mol. The smallest absolute Gasteiger partial charge is 0.147 e. The number of hydrogen-bond donors (Lipinski definition) is 0. The standard InChI is InChI=1S/C24H25N3O5Se.2ClH/c1-14(2)23(28)31-13-17-11-18(27(29)30)10-16-7-8-24(32-22(16)17)26(6)20-9-15(3)19(25(4)5)12-21(20)33-24;;/h7-12H,1,13H2,2-6H3;2*1H. The maximum Gasteiger partial charge on any atom is -0.147 e. The largest absolute Gasteiger partial charge is 0.147 e. The molecule has 0 aromatic heterocycles. The summed E-state index contributed by atoms with van der Waals surface area (Å²) in [6, 6.07) is 7.25. The van der Waals surface area contributed by atoms with E-state index in [1.807, 2.05) is 33.3 Å². The van der Waals surface area contributed by atoms with Crippen molar-refractivity contribution in [1.29, 1.82) is 0 Å². The maximum absolute atomic E-state index is 12.0. The molecule has 2 aromatic rings. The number of likely N-dealkylation sites (N-methyl/N-ethyl adjacent to an activating group) is 1. The number of carbonyl (C=O) groups is 1. The van der Waals surface area contributed by atoms with Gasteiger partial charge in [-0.15, -0.1) is 24.8 Å². The van der Waals surface area contributed by atoms with E-state index in [9.17, 15) is 14.9 Å². The number of benzene rings is 2. The van der Waals surface area contributed by atoms with Gasteiger partial charge in [0.25, 0.3) is 0 Å². The Morgan fingerprint density at radius 2 is 1.97 bits per heavy atom. The number of non-ortho nitro benzene ring substituents is 1. The van der Waals surface area contributed by atoms with E-state index < -0.39 is 15.5 Å². The summed E-state index contributed by atoms with van der Waals surface area (Å²) < 4.78 is 12.4. The van der Waals surface area contributed by atoms with Crippen LogP contribution in [-0.4, -0.2) is 51.6 Å². The molecule has 0 saturated heterocycles. The van der Waals surface area contributed by atoms with Gasteiger partial charge in [0.05, 0.1) is 0 Å². The number of ether oxygens (including phenoxy) is 2. The van der Waals surface area contributed by atoms with Crippen LogP contribution in [0.3, 0.4) is 0 Å². The molecule has 1 spiro atoms.